The highest BCUT2D eigenvalue weighted by atomic mass is 35.5. The van der Waals surface area contributed by atoms with E-state index in [1.165, 1.54) is 0 Å². The number of fused-ring (bicyclic) bond motifs is 2. The molecule has 1 aliphatic rings. The zero-order chi connectivity index (χ0) is 28.7. The quantitative estimate of drug-likeness (QED) is 0.310. The number of alkyl carbamates (subject to hydrolysis) is 1. The van der Waals surface area contributed by atoms with E-state index in [1.54, 1.807) is 68.1 Å². The van der Waals surface area contributed by atoms with Crippen LogP contribution in [0.5, 0.6) is 0 Å². The highest BCUT2D eigenvalue weighted by Gasteiger charge is 2.53. The third-order valence-electron chi connectivity index (χ3n) is 6.69. The van der Waals surface area contributed by atoms with Crippen molar-refractivity contribution in [3.8, 4) is 6.07 Å². The molecule has 0 saturated carbocycles. The Morgan fingerprint density at radius 2 is 1.77 bits per heavy atom. The van der Waals surface area contributed by atoms with Crippen molar-refractivity contribution in [1.29, 1.82) is 5.26 Å². The van der Waals surface area contributed by atoms with E-state index in [2.05, 4.69) is 5.32 Å². The summed E-state index contributed by atoms with van der Waals surface area (Å²) in [5, 5.41) is 13.6. The Morgan fingerprint density at radius 3 is 2.48 bits per heavy atom. The van der Waals surface area contributed by atoms with Gasteiger partial charge in [-0.2, -0.15) is 5.26 Å². The van der Waals surface area contributed by atoms with Gasteiger partial charge in [0.2, 0.25) is 0 Å². The third-order valence-corrected chi connectivity index (χ3v) is 6.93. The second-order valence-corrected chi connectivity index (χ2v) is 11.0. The number of ether oxygens (including phenoxy) is 1. The average Bonchev–Trinajstić information content (AvgIpc) is 3.10. The largest absolute Gasteiger partial charge is 0.444 e. The lowest BCUT2D eigenvalue weighted by Crippen LogP contribution is -2.55. The van der Waals surface area contributed by atoms with Crippen LogP contribution in [0, 0.1) is 11.3 Å². The Morgan fingerprint density at radius 1 is 1.07 bits per heavy atom. The van der Waals surface area contributed by atoms with Gasteiger partial charge in [-0.1, -0.05) is 60.1 Å². The van der Waals surface area contributed by atoms with Crippen LogP contribution in [0.25, 0.3) is 11.0 Å². The molecule has 1 aromatic heterocycles. The van der Waals surface area contributed by atoms with Gasteiger partial charge in [0.1, 0.15) is 22.8 Å². The van der Waals surface area contributed by atoms with Gasteiger partial charge < -0.3 is 19.4 Å². The van der Waals surface area contributed by atoms with Gasteiger partial charge in [0, 0.05) is 22.4 Å². The predicted molar refractivity (Wildman–Crippen MR) is 151 cm³/mol. The normalized spacial score (nSPS) is 16.5. The number of benzene rings is 3. The van der Waals surface area contributed by atoms with E-state index < -0.39 is 28.8 Å². The lowest BCUT2D eigenvalue weighted by atomic mass is 9.82. The van der Waals surface area contributed by atoms with E-state index in [4.69, 9.17) is 20.8 Å². The summed E-state index contributed by atoms with van der Waals surface area (Å²) >= 11 is 6.44. The number of carbonyl (C=O) groups excluding carboxylic acids is 2. The van der Waals surface area contributed by atoms with Crippen LogP contribution < -0.4 is 15.8 Å². The molecule has 2 heterocycles. The number of halogens is 1. The first-order valence-corrected chi connectivity index (χ1v) is 13.0. The van der Waals surface area contributed by atoms with Crippen molar-refractivity contribution in [3.63, 3.8) is 0 Å². The monoisotopic (exact) mass is 555 g/mol. The van der Waals surface area contributed by atoms with Gasteiger partial charge in [0.15, 0.2) is 5.54 Å². The molecular formula is C31H26ClN3O5. The van der Waals surface area contributed by atoms with Crippen molar-refractivity contribution in [1.82, 2.24) is 5.32 Å². The Hall–Kier alpha value is -4.61. The molecule has 9 heteroatoms. The number of anilines is 1. The summed E-state index contributed by atoms with van der Waals surface area (Å²) in [7, 11) is 0. The fraction of sp³-hybridized carbons (Fsp3) is 0.226. The summed E-state index contributed by atoms with van der Waals surface area (Å²) in [5.74, 6) is -0.458. The molecule has 40 heavy (non-hydrogen) atoms. The molecule has 0 bridgehead atoms. The average molecular weight is 556 g/mol. The van der Waals surface area contributed by atoms with Crippen molar-refractivity contribution in [3.05, 3.63) is 110 Å². The van der Waals surface area contributed by atoms with Gasteiger partial charge in [-0.25, -0.2) is 9.59 Å². The molecule has 0 unspecified atom stereocenters. The van der Waals surface area contributed by atoms with E-state index in [9.17, 15) is 19.6 Å². The molecule has 0 aliphatic carbocycles. The van der Waals surface area contributed by atoms with E-state index in [0.29, 0.717) is 21.7 Å². The molecule has 3 aromatic carbocycles. The molecule has 0 saturated heterocycles. The van der Waals surface area contributed by atoms with E-state index in [0.717, 1.165) is 5.56 Å². The Labute approximate surface area is 235 Å². The maximum Gasteiger partial charge on any atom is 0.408 e. The van der Waals surface area contributed by atoms with Gasteiger partial charge in [-0.05, 0) is 56.2 Å². The van der Waals surface area contributed by atoms with Crippen molar-refractivity contribution < 1.29 is 18.7 Å². The minimum absolute atomic E-state index is 0.217. The van der Waals surface area contributed by atoms with Gasteiger partial charge >= 0.3 is 11.7 Å². The van der Waals surface area contributed by atoms with Crippen molar-refractivity contribution in [2.75, 3.05) is 4.90 Å². The molecule has 2 amide bonds. The van der Waals surface area contributed by atoms with E-state index >= 15 is 0 Å². The fourth-order valence-corrected chi connectivity index (χ4v) is 5.22. The summed E-state index contributed by atoms with van der Waals surface area (Å²) in [6.07, 6.45) is -1.06. The summed E-state index contributed by atoms with van der Waals surface area (Å²) in [6, 6.07) is 23.1. The van der Waals surface area contributed by atoms with Crippen LogP contribution in [0.4, 0.5) is 10.5 Å². The number of amides is 2. The maximum atomic E-state index is 14.6. The molecule has 8 nitrogen and oxygen atoms in total. The molecule has 4 aromatic rings. The zero-order valence-corrected chi connectivity index (χ0v) is 22.9. The number of carbonyl (C=O) groups is 2. The Kier molecular flexibility index (Phi) is 6.86. The third kappa shape index (κ3) is 4.92. The van der Waals surface area contributed by atoms with E-state index in [-0.39, 0.29) is 29.7 Å². The minimum Gasteiger partial charge on any atom is -0.444 e. The number of nitrogens with one attached hydrogen (secondary N) is 1. The standard InChI is InChI=1S/C31H26ClN3O5/c1-30(2,3)40-29(38)34-31(16-22-21-11-7-8-12-26(21)39-27(36)23(22)17-33)24-15-20(32)13-14-25(24)35(28(31)37)18-19-9-5-4-6-10-19/h4-15H,16,18H2,1-3H3,(H,34,38)/t31-/m1/s1. The molecule has 1 atom stereocenters. The second-order valence-electron chi connectivity index (χ2n) is 10.6. The topological polar surface area (TPSA) is 113 Å². The molecular weight excluding hydrogens is 530 g/mol. The molecule has 0 fully saturated rings. The molecule has 1 N–H and O–H groups in total. The van der Waals surface area contributed by atoms with Crippen LogP contribution >= 0.6 is 11.6 Å². The van der Waals surface area contributed by atoms with Crippen molar-refractivity contribution in [2.24, 2.45) is 0 Å². The van der Waals surface area contributed by atoms with Gasteiger partial charge in [-0.15, -0.1) is 0 Å². The number of nitriles is 1. The first-order valence-electron chi connectivity index (χ1n) is 12.6. The Bertz CT molecular complexity index is 1740. The summed E-state index contributed by atoms with van der Waals surface area (Å²) < 4.78 is 11.0. The first-order chi connectivity index (χ1) is 19.0. The van der Waals surface area contributed by atoms with Crippen molar-refractivity contribution >= 4 is 40.3 Å². The SMILES string of the molecule is CC(C)(C)OC(=O)N[C@@]1(Cc2c(C#N)c(=O)oc3ccccc23)C(=O)N(Cc2ccccc2)c2ccc(Cl)cc21. The molecule has 202 valence electrons. The van der Waals surface area contributed by atoms with Crippen LogP contribution in [0.3, 0.4) is 0 Å². The number of rotatable bonds is 5. The number of para-hydroxylation sites is 1. The molecule has 1 aliphatic heterocycles. The van der Waals surface area contributed by atoms with Crippen LogP contribution in [0.1, 0.15) is 43.0 Å². The maximum absolute atomic E-state index is 14.6. The van der Waals surface area contributed by atoms with Gasteiger partial charge in [0.05, 0.1) is 12.2 Å². The summed E-state index contributed by atoms with van der Waals surface area (Å²) in [5.41, 5.74) is -1.32. The van der Waals surface area contributed by atoms with Crippen LogP contribution in [-0.2, 0) is 28.0 Å². The number of hydrogen-bond donors (Lipinski definition) is 1. The van der Waals surface area contributed by atoms with Crippen molar-refractivity contribution in [2.45, 2.75) is 44.9 Å². The summed E-state index contributed by atoms with van der Waals surface area (Å²) in [6.45, 7) is 5.36. The first kappa shape index (κ1) is 27.0. The smallest absolute Gasteiger partial charge is 0.408 e. The van der Waals surface area contributed by atoms with Gasteiger partial charge in [-0.3, -0.25) is 4.79 Å². The highest BCUT2D eigenvalue weighted by Crippen LogP contribution is 2.45. The summed E-state index contributed by atoms with van der Waals surface area (Å²) in [4.78, 5) is 42.3. The zero-order valence-electron chi connectivity index (χ0n) is 22.2. The minimum atomic E-state index is -1.75. The van der Waals surface area contributed by atoms with E-state index in [1.807, 2.05) is 36.4 Å². The van der Waals surface area contributed by atoms with Crippen LogP contribution in [0.2, 0.25) is 5.02 Å². The lowest BCUT2D eigenvalue weighted by molar-refractivity contribution is -0.124. The molecule has 0 spiro atoms. The lowest BCUT2D eigenvalue weighted by Gasteiger charge is -2.32. The molecule has 5 rings (SSSR count). The Balaban J connectivity index is 1.75. The molecule has 0 radical (unpaired) electrons. The predicted octanol–water partition coefficient (Wildman–Crippen LogP) is 5.83. The van der Waals surface area contributed by atoms with Gasteiger partial charge in [0.25, 0.3) is 5.91 Å². The van der Waals surface area contributed by atoms with Crippen LogP contribution in [0.15, 0.2) is 82.0 Å². The number of hydrogen-bond acceptors (Lipinski definition) is 6. The fourth-order valence-electron chi connectivity index (χ4n) is 5.05. The number of nitrogens with zero attached hydrogens (tertiary/aromatic N) is 2. The highest BCUT2D eigenvalue weighted by molar-refractivity contribution is 6.31. The second kappa shape index (κ2) is 10.2. The van der Waals surface area contributed by atoms with Crippen LogP contribution in [-0.4, -0.2) is 17.6 Å².